The molecule has 3 nitrogen and oxygen atoms in total. The van der Waals surface area contributed by atoms with Crippen molar-refractivity contribution in [1.29, 1.82) is 0 Å². The van der Waals surface area contributed by atoms with E-state index in [1.165, 1.54) is 31.2 Å². The first-order chi connectivity index (χ1) is 11.9. The van der Waals surface area contributed by atoms with Crippen LogP contribution in [0.5, 0.6) is 0 Å². The number of carbonyl (C=O) groups is 1. The summed E-state index contributed by atoms with van der Waals surface area (Å²) >= 11 is 0. The van der Waals surface area contributed by atoms with Crippen molar-refractivity contribution in [3.05, 3.63) is 34.4 Å². The van der Waals surface area contributed by atoms with Crippen LogP contribution in [-0.2, 0) is 17.8 Å². The molecule has 0 saturated heterocycles. The lowest BCUT2D eigenvalue weighted by atomic mass is 9.82. The van der Waals surface area contributed by atoms with Crippen molar-refractivity contribution in [2.24, 2.45) is 10.9 Å². The average Bonchev–Trinajstić information content (AvgIpc) is 2.82. The highest BCUT2D eigenvalue weighted by atomic mass is 16.3. The maximum Gasteiger partial charge on any atom is 0.141 e. The fourth-order valence-corrected chi connectivity index (χ4v) is 4.37. The zero-order valence-corrected chi connectivity index (χ0v) is 15.9. The Hall–Kier alpha value is -1.48. The lowest BCUT2D eigenvalue weighted by Gasteiger charge is -2.30. The first-order valence-corrected chi connectivity index (χ1v) is 9.75. The highest BCUT2D eigenvalue weighted by molar-refractivity contribution is 6.13. The minimum absolute atomic E-state index is 0.0341. The summed E-state index contributed by atoms with van der Waals surface area (Å²) in [7, 11) is 0. The van der Waals surface area contributed by atoms with Crippen molar-refractivity contribution < 1.29 is 9.90 Å². The molecular formula is C22H31NO2. The minimum atomic E-state index is -0.167. The highest BCUT2D eigenvalue weighted by Gasteiger charge is 2.30. The van der Waals surface area contributed by atoms with Crippen LogP contribution in [0.25, 0.3) is 0 Å². The average molecular weight is 341 g/mol. The van der Waals surface area contributed by atoms with E-state index in [1.807, 2.05) is 6.92 Å². The second kappa shape index (κ2) is 7.41. The molecule has 2 aliphatic rings. The number of nitrogens with zero attached hydrogens (tertiary/aromatic N) is 1. The molecule has 0 radical (unpaired) electrons. The standard InChI is InChI=1S/C22H31NO2/c1-15-10-17-13-22(2,3)23-20(19(17)11-18(15)14-24)12-21(25)16-8-6-4-5-7-9-16/h10-11,16,24H,4-9,12-14H2,1-3H3. The molecule has 0 unspecified atom stereocenters. The number of aryl methyl sites for hydroxylation is 1. The first kappa shape index (κ1) is 18.3. The summed E-state index contributed by atoms with van der Waals surface area (Å²) in [5.74, 6) is 0.567. The molecule has 1 aliphatic heterocycles. The van der Waals surface area contributed by atoms with E-state index in [-0.39, 0.29) is 18.1 Å². The van der Waals surface area contributed by atoms with Crippen LogP contribution in [0.15, 0.2) is 17.1 Å². The van der Waals surface area contributed by atoms with E-state index in [9.17, 15) is 9.90 Å². The highest BCUT2D eigenvalue weighted by Crippen LogP contribution is 2.32. The lowest BCUT2D eigenvalue weighted by molar-refractivity contribution is -0.122. The van der Waals surface area contributed by atoms with E-state index in [4.69, 9.17) is 4.99 Å². The first-order valence-electron chi connectivity index (χ1n) is 9.75. The molecule has 0 aromatic heterocycles. The molecule has 0 atom stereocenters. The summed E-state index contributed by atoms with van der Waals surface area (Å²) < 4.78 is 0. The van der Waals surface area contributed by atoms with Gasteiger partial charge in [-0.1, -0.05) is 31.7 Å². The van der Waals surface area contributed by atoms with Gasteiger partial charge in [0, 0.05) is 12.3 Å². The molecule has 1 fully saturated rings. The SMILES string of the molecule is Cc1cc2c(cc1CO)C(CC(=O)C1CCCCCC1)=NC(C)(C)C2. The van der Waals surface area contributed by atoms with Gasteiger partial charge in [0.2, 0.25) is 0 Å². The molecule has 1 N–H and O–H groups in total. The predicted octanol–water partition coefficient (Wildman–Crippen LogP) is 4.54. The number of benzene rings is 1. The van der Waals surface area contributed by atoms with Crippen molar-refractivity contribution >= 4 is 11.5 Å². The van der Waals surface area contributed by atoms with Gasteiger partial charge in [0.25, 0.3) is 0 Å². The number of rotatable bonds is 4. The van der Waals surface area contributed by atoms with Crippen molar-refractivity contribution in [3.63, 3.8) is 0 Å². The van der Waals surface area contributed by atoms with Crippen LogP contribution in [0.2, 0.25) is 0 Å². The molecule has 0 amide bonds. The van der Waals surface area contributed by atoms with Gasteiger partial charge in [-0.15, -0.1) is 0 Å². The van der Waals surface area contributed by atoms with E-state index >= 15 is 0 Å². The summed E-state index contributed by atoms with van der Waals surface area (Å²) in [4.78, 5) is 17.9. The van der Waals surface area contributed by atoms with E-state index < -0.39 is 0 Å². The Labute approximate surface area is 151 Å². The predicted molar refractivity (Wildman–Crippen MR) is 102 cm³/mol. The molecule has 25 heavy (non-hydrogen) atoms. The summed E-state index contributed by atoms with van der Waals surface area (Å²) in [5.41, 5.74) is 5.16. The smallest absolute Gasteiger partial charge is 0.141 e. The van der Waals surface area contributed by atoms with Crippen molar-refractivity contribution in [2.45, 2.75) is 84.3 Å². The van der Waals surface area contributed by atoms with Crippen LogP contribution in [-0.4, -0.2) is 22.1 Å². The Morgan fingerprint density at radius 2 is 1.88 bits per heavy atom. The Balaban J connectivity index is 1.89. The summed E-state index contributed by atoms with van der Waals surface area (Å²) in [6, 6.07) is 4.23. The molecule has 3 heteroatoms. The largest absolute Gasteiger partial charge is 0.392 e. The third kappa shape index (κ3) is 4.20. The van der Waals surface area contributed by atoms with Gasteiger partial charge in [-0.3, -0.25) is 9.79 Å². The Morgan fingerprint density at radius 1 is 1.20 bits per heavy atom. The third-order valence-electron chi connectivity index (χ3n) is 5.76. The maximum atomic E-state index is 12.9. The van der Waals surface area contributed by atoms with Gasteiger partial charge < -0.3 is 5.11 Å². The summed E-state index contributed by atoms with van der Waals surface area (Å²) in [6.45, 7) is 6.36. The van der Waals surface area contributed by atoms with Gasteiger partial charge in [-0.25, -0.2) is 0 Å². The third-order valence-corrected chi connectivity index (χ3v) is 5.76. The molecule has 0 bridgehead atoms. The Kier molecular flexibility index (Phi) is 5.43. The van der Waals surface area contributed by atoms with Crippen molar-refractivity contribution in [3.8, 4) is 0 Å². The zero-order valence-electron chi connectivity index (χ0n) is 15.9. The second-order valence-corrected chi connectivity index (χ2v) is 8.47. The number of aliphatic hydroxyl groups excluding tert-OH is 1. The van der Waals surface area contributed by atoms with Gasteiger partial charge in [0.15, 0.2) is 0 Å². The number of carbonyl (C=O) groups excluding carboxylic acids is 1. The number of fused-ring (bicyclic) bond motifs is 1. The van der Waals surface area contributed by atoms with E-state index in [2.05, 4.69) is 26.0 Å². The molecule has 3 rings (SSSR count). The molecule has 1 aromatic carbocycles. The minimum Gasteiger partial charge on any atom is -0.392 e. The normalized spacial score (nSPS) is 20.6. The summed E-state index contributed by atoms with van der Waals surface area (Å²) in [6.07, 6.45) is 8.29. The molecule has 1 aliphatic carbocycles. The molecule has 0 spiro atoms. The topological polar surface area (TPSA) is 49.7 Å². The number of ketones is 1. The maximum absolute atomic E-state index is 12.9. The van der Waals surface area contributed by atoms with Gasteiger partial charge in [-0.2, -0.15) is 0 Å². The fraction of sp³-hybridized carbons (Fsp3) is 0.636. The molecule has 1 saturated carbocycles. The van der Waals surface area contributed by atoms with Crippen LogP contribution in [0.4, 0.5) is 0 Å². The van der Waals surface area contributed by atoms with Gasteiger partial charge >= 0.3 is 0 Å². The molecule has 136 valence electrons. The monoisotopic (exact) mass is 341 g/mol. The quantitative estimate of drug-likeness (QED) is 0.817. The Bertz CT molecular complexity index is 680. The van der Waals surface area contributed by atoms with Crippen molar-refractivity contribution in [1.82, 2.24) is 0 Å². The van der Waals surface area contributed by atoms with Crippen LogP contribution in [0, 0.1) is 12.8 Å². The molecule has 1 aromatic rings. The Morgan fingerprint density at radius 3 is 2.52 bits per heavy atom. The number of aliphatic imine (C=N–C) groups is 1. The van der Waals surface area contributed by atoms with Gasteiger partial charge in [-0.05, 0) is 68.4 Å². The van der Waals surface area contributed by atoms with Crippen molar-refractivity contribution in [2.75, 3.05) is 0 Å². The fourth-order valence-electron chi connectivity index (χ4n) is 4.37. The lowest BCUT2D eigenvalue weighted by Crippen LogP contribution is -2.31. The van der Waals surface area contributed by atoms with Crippen LogP contribution >= 0.6 is 0 Å². The number of hydrogen-bond donors (Lipinski definition) is 1. The van der Waals surface area contributed by atoms with E-state index in [1.54, 1.807) is 0 Å². The molecular weight excluding hydrogens is 310 g/mol. The second-order valence-electron chi connectivity index (χ2n) is 8.47. The molecule has 1 heterocycles. The number of aliphatic hydroxyl groups is 1. The van der Waals surface area contributed by atoms with Crippen LogP contribution in [0.3, 0.4) is 0 Å². The zero-order chi connectivity index (χ0) is 18.0. The number of hydrogen-bond acceptors (Lipinski definition) is 3. The van der Waals surface area contributed by atoms with E-state index in [0.29, 0.717) is 12.2 Å². The number of Topliss-reactive ketones (excluding diaryl/α,β-unsaturated/α-hetero) is 1. The van der Waals surface area contributed by atoms with Gasteiger partial charge in [0.1, 0.15) is 5.78 Å². The van der Waals surface area contributed by atoms with Crippen LogP contribution < -0.4 is 0 Å². The van der Waals surface area contributed by atoms with Gasteiger partial charge in [0.05, 0.1) is 17.9 Å². The van der Waals surface area contributed by atoms with E-state index in [0.717, 1.165) is 41.7 Å². The summed E-state index contributed by atoms with van der Waals surface area (Å²) in [5, 5.41) is 9.62. The van der Waals surface area contributed by atoms with Crippen LogP contribution in [0.1, 0.15) is 81.0 Å².